The predicted molar refractivity (Wildman–Crippen MR) is 77.5 cm³/mol. The molecular weight excluding hydrogens is 286 g/mol. The van der Waals surface area contributed by atoms with Crippen LogP contribution in [0.3, 0.4) is 0 Å². The molecule has 1 atom stereocenters. The number of carbonyl (C=O) groups excluding carboxylic acids is 1. The fourth-order valence-electron chi connectivity index (χ4n) is 1.50. The minimum atomic E-state index is -0.812. The summed E-state index contributed by atoms with van der Waals surface area (Å²) in [6.07, 6.45) is 4.49. The summed E-state index contributed by atoms with van der Waals surface area (Å²) < 4.78 is 0.682. The zero-order chi connectivity index (χ0) is 14.3. The molecule has 2 N–H and O–H groups in total. The highest BCUT2D eigenvalue weighted by Crippen LogP contribution is 2.22. The van der Waals surface area contributed by atoms with E-state index >= 15 is 0 Å². The van der Waals surface area contributed by atoms with Crippen molar-refractivity contribution in [3.63, 3.8) is 0 Å². The van der Waals surface area contributed by atoms with Crippen LogP contribution in [0.4, 0.5) is 0 Å². The summed E-state index contributed by atoms with van der Waals surface area (Å²) in [5, 5.41) is 11.3. The van der Waals surface area contributed by atoms with Gasteiger partial charge in [-0.25, -0.2) is 0 Å². The summed E-state index contributed by atoms with van der Waals surface area (Å²) >= 11 is 7.18. The van der Waals surface area contributed by atoms with Crippen LogP contribution in [0, 0.1) is 0 Å². The average molecular weight is 302 g/mol. The van der Waals surface area contributed by atoms with Crippen LogP contribution < -0.4 is 5.32 Å². The van der Waals surface area contributed by atoms with Crippen LogP contribution in [-0.4, -0.2) is 23.0 Å². The van der Waals surface area contributed by atoms with Crippen LogP contribution in [0.1, 0.15) is 31.1 Å². The van der Waals surface area contributed by atoms with Gasteiger partial charge in [0, 0.05) is 23.4 Å². The number of hydrogen-bond acceptors (Lipinski definition) is 3. The highest BCUT2D eigenvalue weighted by Gasteiger charge is 2.06. The lowest BCUT2D eigenvalue weighted by molar-refractivity contribution is -0.137. The Bertz CT molecular complexity index is 470. The first-order valence-corrected chi connectivity index (χ1v) is 7.12. The summed E-state index contributed by atoms with van der Waals surface area (Å²) in [4.78, 5) is 22.9. The molecular formula is C13H16ClNO3S. The summed E-state index contributed by atoms with van der Waals surface area (Å²) in [5.74, 6) is -1.000. The summed E-state index contributed by atoms with van der Waals surface area (Å²) in [5.41, 5.74) is 0. The molecule has 1 aromatic heterocycles. The minimum absolute atomic E-state index is 0.0385. The molecule has 104 valence electrons. The molecule has 19 heavy (non-hydrogen) atoms. The SMILES string of the molecule is CC(CCCC(=O)O)NC(=O)/C=C/c1ccc(Cl)s1. The second kappa shape index (κ2) is 7.96. The fraction of sp³-hybridized carbons (Fsp3) is 0.385. The highest BCUT2D eigenvalue weighted by atomic mass is 35.5. The normalized spacial score (nSPS) is 12.5. The van der Waals surface area contributed by atoms with Gasteiger partial charge >= 0.3 is 5.97 Å². The first-order valence-electron chi connectivity index (χ1n) is 5.93. The molecule has 1 amide bonds. The van der Waals surface area contributed by atoms with E-state index in [-0.39, 0.29) is 18.4 Å². The molecule has 0 saturated heterocycles. The molecule has 0 saturated carbocycles. The van der Waals surface area contributed by atoms with Gasteiger partial charge in [-0.05, 0) is 38.0 Å². The Labute approximate surface area is 121 Å². The van der Waals surface area contributed by atoms with E-state index in [1.54, 1.807) is 12.1 Å². The molecule has 4 nitrogen and oxygen atoms in total. The maximum absolute atomic E-state index is 11.6. The van der Waals surface area contributed by atoms with Crippen molar-refractivity contribution in [3.8, 4) is 0 Å². The van der Waals surface area contributed by atoms with Gasteiger partial charge in [-0.15, -0.1) is 11.3 Å². The third kappa shape index (κ3) is 6.98. The van der Waals surface area contributed by atoms with E-state index in [2.05, 4.69) is 5.32 Å². The van der Waals surface area contributed by atoms with Crippen LogP contribution in [0.2, 0.25) is 4.34 Å². The molecule has 0 aliphatic carbocycles. The standard InChI is InChI=1S/C13H16ClNO3S/c1-9(3-2-4-13(17)18)15-12(16)8-6-10-5-7-11(14)19-10/h5-9H,2-4H2,1H3,(H,15,16)(H,17,18)/b8-6+. The Morgan fingerprint density at radius 3 is 2.84 bits per heavy atom. The molecule has 1 unspecified atom stereocenters. The van der Waals surface area contributed by atoms with Crippen molar-refractivity contribution in [2.75, 3.05) is 0 Å². The van der Waals surface area contributed by atoms with E-state index in [1.165, 1.54) is 17.4 Å². The molecule has 0 radical (unpaired) electrons. The smallest absolute Gasteiger partial charge is 0.303 e. The lowest BCUT2D eigenvalue weighted by Gasteiger charge is -2.11. The van der Waals surface area contributed by atoms with Crippen LogP contribution >= 0.6 is 22.9 Å². The quantitative estimate of drug-likeness (QED) is 0.760. The largest absolute Gasteiger partial charge is 0.481 e. The monoisotopic (exact) mass is 301 g/mol. The Morgan fingerprint density at radius 2 is 2.26 bits per heavy atom. The van der Waals surface area contributed by atoms with E-state index in [0.717, 1.165) is 4.88 Å². The molecule has 1 heterocycles. The number of rotatable bonds is 7. The maximum Gasteiger partial charge on any atom is 0.303 e. The van der Waals surface area contributed by atoms with E-state index in [0.29, 0.717) is 17.2 Å². The Kier molecular flexibility index (Phi) is 6.59. The number of thiophene rings is 1. The van der Waals surface area contributed by atoms with Crippen molar-refractivity contribution in [1.29, 1.82) is 0 Å². The van der Waals surface area contributed by atoms with E-state index in [1.807, 2.05) is 13.0 Å². The average Bonchev–Trinajstić information content (AvgIpc) is 2.72. The zero-order valence-corrected chi connectivity index (χ0v) is 12.1. The maximum atomic E-state index is 11.6. The van der Waals surface area contributed by atoms with Gasteiger partial charge in [-0.2, -0.15) is 0 Å². The number of aliphatic carboxylic acids is 1. The van der Waals surface area contributed by atoms with Gasteiger partial charge in [0.2, 0.25) is 5.91 Å². The second-order valence-corrected chi connectivity index (χ2v) is 5.92. The first kappa shape index (κ1) is 15.7. The predicted octanol–water partition coefficient (Wildman–Crippen LogP) is 3.17. The number of halogens is 1. The van der Waals surface area contributed by atoms with E-state index in [9.17, 15) is 9.59 Å². The van der Waals surface area contributed by atoms with Gasteiger partial charge in [0.05, 0.1) is 4.34 Å². The van der Waals surface area contributed by atoms with Gasteiger partial charge in [0.15, 0.2) is 0 Å². The van der Waals surface area contributed by atoms with Crippen molar-refractivity contribution < 1.29 is 14.7 Å². The number of carboxylic acids is 1. The lowest BCUT2D eigenvalue weighted by atomic mass is 10.1. The number of carbonyl (C=O) groups is 2. The summed E-state index contributed by atoms with van der Waals surface area (Å²) in [7, 11) is 0. The van der Waals surface area contributed by atoms with Crippen molar-refractivity contribution in [2.45, 2.75) is 32.2 Å². The number of amides is 1. The van der Waals surface area contributed by atoms with Crippen LogP contribution in [-0.2, 0) is 9.59 Å². The second-order valence-electron chi connectivity index (χ2n) is 4.17. The molecule has 0 aromatic carbocycles. The lowest BCUT2D eigenvalue weighted by Crippen LogP contribution is -2.31. The van der Waals surface area contributed by atoms with Crippen LogP contribution in [0.15, 0.2) is 18.2 Å². The molecule has 1 aromatic rings. The number of hydrogen-bond donors (Lipinski definition) is 2. The van der Waals surface area contributed by atoms with Gasteiger partial charge < -0.3 is 10.4 Å². The minimum Gasteiger partial charge on any atom is -0.481 e. The van der Waals surface area contributed by atoms with E-state index < -0.39 is 5.97 Å². The summed E-state index contributed by atoms with van der Waals surface area (Å²) in [6, 6.07) is 3.58. The van der Waals surface area contributed by atoms with Crippen molar-refractivity contribution in [1.82, 2.24) is 5.32 Å². The van der Waals surface area contributed by atoms with Crippen LogP contribution in [0.5, 0.6) is 0 Å². The molecule has 6 heteroatoms. The topological polar surface area (TPSA) is 66.4 Å². The highest BCUT2D eigenvalue weighted by molar-refractivity contribution is 7.17. The molecule has 0 fully saturated rings. The van der Waals surface area contributed by atoms with Crippen molar-refractivity contribution in [3.05, 3.63) is 27.4 Å². The number of nitrogens with one attached hydrogen (secondary N) is 1. The van der Waals surface area contributed by atoms with Gasteiger partial charge in [0.1, 0.15) is 0 Å². The van der Waals surface area contributed by atoms with Gasteiger partial charge in [-0.1, -0.05) is 11.6 Å². The van der Waals surface area contributed by atoms with Crippen molar-refractivity contribution >= 4 is 40.9 Å². The molecule has 1 rings (SSSR count). The van der Waals surface area contributed by atoms with Crippen LogP contribution in [0.25, 0.3) is 6.08 Å². The third-order valence-electron chi connectivity index (χ3n) is 2.41. The fourth-order valence-corrected chi connectivity index (χ4v) is 2.46. The zero-order valence-electron chi connectivity index (χ0n) is 10.6. The summed E-state index contributed by atoms with van der Waals surface area (Å²) in [6.45, 7) is 1.86. The Balaban J connectivity index is 2.30. The first-order chi connectivity index (χ1) is 8.97. The van der Waals surface area contributed by atoms with Crippen molar-refractivity contribution in [2.24, 2.45) is 0 Å². The Hall–Kier alpha value is -1.33. The van der Waals surface area contributed by atoms with Gasteiger partial charge in [-0.3, -0.25) is 9.59 Å². The number of carboxylic acid groups (broad SMARTS) is 1. The third-order valence-corrected chi connectivity index (χ3v) is 3.61. The Morgan fingerprint density at radius 1 is 1.53 bits per heavy atom. The molecule has 0 aliphatic rings. The molecule has 0 bridgehead atoms. The molecule has 0 aliphatic heterocycles. The van der Waals surface area contributed by atoms with Gasteiger partial charge in [0.25, 0.3) is 0 Å². The van der Waals surface area contributed by atoms with E-state index in [4.69, 9.17) is 16.7 Å². The molecule has 0 spiro atoms.